The van der Waals surface area contributed by atoms with Gasteiger partial charge in [0.1, 0.15) is 0 Å². The molecule has 0 saturated carbocycles. The summed E-state index contributed by atoms with van der Waals surface area (Å²) in [7, 11) is 8.01. The lowest BCUT2D eigenvalue weighted by molar-refractivity contribution is 1.03. The summed E-state index contributed by atoms with van der Waals surface area (Å²) >= 11 is 0. The highest BCUT2D eigenvalue weighted by Gasteiger charge is 2.13. The minimum Gasteiger partial charge on any atom is -0.355 e. The smallest absolute Gasteiger partial charge is 0.0484 e. The SMILES string of the molecule is NC1C=Cc2[nH]c3ccc(N(P)P)cc3c2C=C1P. The van der Waals surface area contributed by atoms with Crippen LogP contribution in [0.25, 0.3) is 23.1 Å². The Balaban J connectivity index is 2.27. The maximum Gasteiger partial charge on any atom is 0.0484 e. The van der Waals surface area contributed by atoms with Gasteiger partial charge in [-0.1, -0.05) is 6.08 Å². The van der Waals surface area contributed by atoms with Crippen LogP contribution in [0.15, 0.2) is 29.6 Å². The molecule has 6 heteroatoms. The maximum atomic E-state index is 6.03. The number of aromatic nitrogens is 1. The molecule has 0 amide bonds. The van der Waals surface area contributed by atoms with Crippen molar-refractivity contribution in [1.82, 2.24) is 4.98 Å². The van der Waals surface area contributed by atoms with Gasteiger partial charge in [-0.3, -0.25) is 0 Å². The first-order valence-electron chi connectivity index (χ1n) is 5.92. The molecular weight excluding hydrogens is 291 g/mol. The van der Waals surface area contributed by atoms with Crippen molar-refractivity contribution < 1.29 is 0 Å². The van der Waals surface area contributed by atoms with Crippen molar-refractivity contribution in [2.75, 3.05) is 4.44 Å². The Bertz CT molecular complexity index is 700. The first-order chi connectivity index (χ1) is 9.06. The van der Waals surface area contributed by atoms with E-state index in [1.54, 1.807) is 0 Å². The summed E-state index contributed by atoms with van der Waals surface area (Å²) in [6.07, 6.45) is 6.22. The summed E-state index contributed by atoms with van der Waals surface area (Å²) in [6, 6.07) is 6.32. The number of hydrogen-bond donors (Lipinski definition) is 2. The van der Waals surface area contributed by atoms with Gasteiger partial charge in [0.25, 0.3) is 0 Å². The number of nitrogens with two attached hydrogens (primary N) is 1. The third-order valence-electron chi connectivity index (χ3n) is 3.32. The number of rotatable bonds is 1. The van der Waals surface area contributed by atoms with Gasteiger partial charge in [-0.25, -0.2) is 0 Å². The van der Waals surface area contributed by atoms with Gasteiger partial charge in [-0.15, -0.1) is 9.24 Å². The largest absolute Gasteiger partial charge is 0.355 e. The zero-order valence-electron chi connectivity index (χ0n) is 10.3. The molecule has 0 bridgehead atoms. The number of benzene rings is 1. The average molecular weight is 307 g/mol. The first-order valence-corrected chi connectivity index (χ1v) is 7.53. The van der Waals surface area contributed by atoms with Crippen molar-refractivity contribution in [2.45, 2.75) is 6.04 Å². The minimum absolute atomic E-state index is 0.0380. The quantitative estimate of drug-likeness (QED) is 0.795. The number of nitrogens with zero attached hydrogens (tertiary/aromatic N) is 1. The molecule has 0 saturated heterocycles. The van der Waals surface area contributed by atoms with E-state index >= 15 is 0 Å². The van der Waals surface area contributed by atoms with E-state index in [0.29, 0.717) is 0 Å². The Kier molecular flexibility index (Phi) is 3.50. The van der Waals surface area contributed by atoms with Crippen molar-refractivity contribution in [3.63, 3.8) is 0 Å². The van der Waals surface area contributed by atoms with E-state index < -0.39 is 0 Å². The molecule has 3 nitrogen and oxygen atoms in total. The molecule has 0 spiro atoms. The molecule has 3 N–H and O–H groups in total. The summed E-state index contributed by atoms with van der Waals surface area (Å²) in [4.78, 5) is 3.43. The second kappa shape index (κ2) is 5.00. The minimum atomic E-state index is -0.0380. The van der Waals surface area contributed by atoms with E-state index in [9.17, 15) is 0 Å². The second-order valence-corrected chi connectivity index (χ2v) is 6.99. The predicted molar refractivity (Wildman–Crippen MR) is 94.9 cm³/mol. The molecule has 98 valence electrons. The summed E-state index contributed by atoms with van der Waals surface area (Å²) < 4.78 is 1.95. The molecule has 1 aliphatic carbocycles. The third-order valence-corrected chi connectivity index (χ3v) is 4.46. The summed E-state index contributed by atoms with van der Waals surface area (Å²) in [6.45, 7) is 0. The molecule has 2 aromatic rings. The van der Waals surface area contributed by atoms with Crippen LogP contribution in [0.5, 0.6) is 0 Å². The van der Waals surface area contributed by atoms with Crippen LogP contribution in [0.1, 0.15) is 11.3 Å². The molecule has 0 radical (unpaired) electrons. The van der Waals surface area contributed by atoms with Gasteiger partial charge in [0.05, 0.1) is 0 Å². The zero-order valence-corrected chi connectivity index (χ0v) is 13.8. The number of H-pyrrole nitrogens is 1. The fraction of sp³-hybridized carbons (Fsp3) is 0.0769. The van der Waals surface area contributed by atoms with Gasteiger partial charge in [-0.05, 0) is 54.4 Å². The molecule has 1 heterocycles. The highest BCUT2D eigenvalue weighted by atomic mass is 31.1. The van der Waals surface area contributed by atoms with Crippen molar-refractivity contribution in [1.29, 1.82) is 0 Å². The van der Waals surface area contributed by atoms with E-state index in [1.165, 1.54) is 10.9 Å². The molecule has 0 fully saturated rings. The van der Waals surface area contributed by atoms with Crippen LogP contribution in [0.3, 0.4) is 0 Å². The van der Waals surface area contributed by atoms with E-state index in [0.717, 1.165) is 22.2 Å². The van der Waals surface area contributed by atoms with Crippen molar-refractivity contribution >= 4 is 56.8 Å². The summed E-state index contributed by atoms with van der Waals surface area (Å²) in [5.41, 5.74) is 10.6. The molecule has 19 heavy (non-hydrogen) atoms. The average Bonchev–Trinajstić information content (AvgIpc) is 2.66. The normalized spacial score (nSPS) is 18.1. The molecule has 0 aliphatic heterocycles. The number of hydrogen-bond acceptors (Lipinski definition) is 2. The fourth-order valence-corrected chi connectivity index (χ4v) is 2.84. The standard InChI is InChI=1S/C13H16N3P3/c14-10-2-4-12-9(6-13(10)17)8-5-7(16(18)19)1-3-11(8)15-12/h1-6,10,15H,14,17-19H2. The lowest BCUT2D eigenvalue weighted by Gasteiger charge is -2.11. The highest BCUT2D eigenvalue weighted by Crippen LogP contribution is 2.34. The number of nitrogens with one attached hydrogen (secondary N) is 1. The van der Waals surface area contributed by atoms with E-state index in [4.69, 9.17) is 5.73 Å². The van der Waals surface area contributed by atoms with Crippen LogP contribution in [0, 0.1) is 0 Å². The molecule has 1 aromatic carbocycles. The van der Waals surface area contributed by atoms with Crippen LogP contribution in [-0.4, -0.2) is 11.0 Å². The Hall–Kier alpha value is -0.710. The molecule has 1 aliphatic rings. The summed E-state index contributed by atoms with van der Waals surface area (Å²) in [5, 5.41) is 2.30. The molecule has 3 rings (SSSR count). The Morgan fingerprint density at radius 2 is 2.05 bits per heavy atom. The topological polar surface area (TPSA) is 45.1 Å². The van der Waals surface area contributed by atoms with E-state index in [2.05, 4.69) is 63.4 Å². The van der Waals surface area contributed by atoms with Gasteiger partial charge in [0.15, 0.2) is 0 Å². The van der Waals surface area contributed by atoms with Crippen LogP contribution in [-0.2, 0) is 0 Å². The zero-order chi connectivity index (χ0) is 13.6. The van der Waals surface area contributed by atoms with E-state index in [-0.39, 0.29) is 6.04 Å². The van der Waals surface area contributed by atoms with Crippen molar-refractivity contribution in [3.05, 3.63) is 40.8 Å². The fourth-order valence-electron chi connectivity index (χ4n) is 2.24. The molecular formula is C13H16N3P3. The Morgan fingerprint density at radius 1 is 1.26 bits per heavy atom. The van der Waals surface area contributed by atoms with Gasteiger partial charge >= 0.3 is 0 Å². The van der Waals surface area contributed by atoms with Gasteiger partial charge < -0.3 is 15.2 Å². The van der Waals surface area contributed by atoms with Crippen LogP contribution in [0.4, 0.5) is 5.69 Å². The third kappa shape index (κ3) is 2.37. The monoisotopic (exact) mass is 307 g/mol. The van der Waals surface area contributed by atoms with Crippen LogP contribution < -0.4 is 10.2 Å². The number of anilines is 1. The summed E-state index contributed by atoms with van der Waals surface area (Å²) in [5.74, 6) is 0. The van der Waals surface area contributed by atoms with Crippen molar-refractivity contribution in [2.24, 2.45) is 5.73 Å². The predicted octanol–water partition coefficient (Wildman–Crippen LogP) is 3.12. The molecule has 4 unspecified atom stereocenters. The lowest BCUT2D eigenvalue weighted by atomic mass is 10.1. The highest BCUT2D eigenvalue weighted by molar-refractivity contribution is 7.39. The van der Waals surface area contributed by atoms with E-state index in [1.807, 2.05) is 10.5 Å². The number of aromatic amines is 1. The first kappa shape index (κ1) is 13.3. The van der Waals surface area contributed by atoms with Gasteiger partial charge in [0.2, 0.25) is 0 Å². The van der Waals surface area contributed by atoms with Crippen LogP contribution >= 0.6 is 28.0 Å². The Labute approximate surface area is 119 Å². The molecule has 1 aromatic heterocycles. The second-order valence-electron chi connectivity index (χ2n) is 4.62. The lowest BCUT2D eigenvalue weighted by Crippen LogP contribution is -2.15. The number of fused-ring (bicyclic) bond motifs is 3. The van der Waals surface area contributed by atoms with Crippen molar-refractivity contribution in [3.8, 4) is 0 Å². The molecule has 4 atom stereocenters. The van der Waals surface area contributed by atoms with Gasteiger partial charge in [0, 0.05) is 33.9 Å². The van der Waals surface area contributed by atoms with Gasteiger partial charge in [-0.2, -0.15) is 0 Å². The Morgan fingerprint density at radius 3 is 2.79 bits per heavy atom. The maximum absolute atomic E-state index is 6.03. The van der Waals surface area contributed by atoms with Crippen LogP contribution in [0.2, 0.25) is 0 Å².